The van der Waals surface area contributed by atoms with E-state index in [0.29, 0.717) is 16.4 Å². The minimum absolute atomic E-state index is 0.138. The molecule has 0 aliphatic rings. The van der Waals surface area contributed by atoms with E-state index in [1.165, 1.54) is 17.3 Å². The van der Waals surface area contributed by atoms with Crippen molar-refractivity contribution in [3.05, 3.63) is 65.5 Å². The fourth-order valence-corrected chi connectivity index (χ4v) is 3.41. The van der Waals surface area contributed by atoms with Crippen LogP contribution in [0.2, 0.25) is 0 Å². The molecule has 0 bridgehead atoms. The SMILES string of the molecule is Cc1ccc(-n2c(C)nnc2S[C@@H](C)C(=O)Nc2ccc(C#N)cc2)cc1. The molecular weight excluding hydrogens is 358 g/mol. The number of aryl methyl sites for hydroxylation is 2. The number of nitrogens with zero attached hydrogens (tertiary/aromatic N) is 4. The van der Waals surface area contributed by atoms with E-state index < -0.39 is 0 Å². The van der Waals surface area contributed by atoms with Crippen LogP contribution in [-0.4, -0.2) is 25.9 Å². The van der Waals surface area contributed by atoms with Crippen LogP contribution in [0.1, 0.15) is 23.9 Å². The van der Waals surface area contributed by atoms with Crippen molar-refractivity contribution in [2.75, 3.05) is 5.32 Å². The highest BCUT2D eigenvalue weighted by Gasteiger charge is 2.20. The van der Waals surface area contributed by atoms with Gasteiger partial charge in [0, 0.05) is 11.4 Å². The van der Waals surface area contributed by atoms with Crippen LogP contribution in [0.5, 0.6) is 0 Å². The summed E-state index contributed by atoms with van der Waals surface area (Å²) in [5, 5.41) is 20.4. The van der Waals surface area contributed by atoms with Gasteiger partial charge in [-0.3, -0.25) is 9.36 Å². The number of carbonyl (C=O) groups excluding carboxylic acids is 1. The number of carbonyl (C=O) groups is 1. The van der Waals surface area contributed by atoms with Crippen LogP contribution >= 0.6 is 11.8 Å². The second-order valence-corrected chi connectivity index (χ2v) is 7.45. The molecule has 0 unspecified atom stereocenters. The molecule has 0 radical (unpaired) electrons. The normalized spacial score (nSPS) is 11.6. The molecule has 27 heavy (non-hydrogen) atoms. The number of benzene rings is 2. The van der Waals surface area contributed by atoms with Crippen molar-refractivity contribution in [3.8, 4) is 11.8 Å². The molecular formula is C20H19N5OS. The molecule has 136 valence electrons. The zero-order chi connectivity index (χ0) is 19.4. The smallest absolute Gasteiger partial charge is 0.237 e. The van der Waals surface area contributed by atoms with Gasteiger partial charge in [-0.2, -0.15) is 5.26 Å². The Hall–Kier alpha value is -3.11. The molecule has 6 nitrogen and oxygen atoms in total. The molecule has 1 N–H and O–H groups in total. The Labute approximate surface area is 162 Å². The molecule has 0 saturated carbocycles. The molecule has 7 heteroatoms. The molecule has 0 spiro atoms. The van der Waals surface area contributed by atoms with Crippen molar-refractivity contribution in [3.63, 3.8) is 0 Å². The molecule has 0 fully saturated rings. The van der Waals surface area contributed by atoms with E-state index >= 15 is 0 Å². The van der Waals surface area contributed by atoms with Gasteiger partial charge in [-0.15, -0.1) is 10.2 Å². The zero-order valence-corrected chi connectivity index (χ0v) is 16.1. The zero-order valence-electron chi connectivity index (χ0n) is 15.3. The average molecular weight is 377 g/mol. The van der Waals surface area contributed by atoms with E-state index in [1.54, 1.807) is 24.3 Å². The van der Waals surface area contributed by atoms with Gasteiger partial charge in [0.2, 0.25) is 5.91 Å². The largest absolute Gasteiger partial charge is 0.325 e. The summed E-state index contributed by atoms with van der Waals surface area (Å²) in [6, 6.07) is 16.9. The summed E-state index contributed by atoms with van der Waals surface area (Å²) in [6.07, 6.45) is 0. The fourth-order valence-electron chi connectivity index (χ4n) is 2.49. The quantitative estimate of drug-likeness (QED) is 0.682. The van der Waals surface area contributed by atoms with Crippen molar-refractivity contribution >= 4 is 23.4 Å². The second kappa shape index (κ2) is 8.06. The molecule has 2 aromatic carbocycles. The number of rotatable bonds is 5. The molecule has 0 aliphatic carbocycles. The first-order chi connectivity index (χ1) is 13.0. The molecule has 0 saturated heterocycles. The number of hydrogen-bond acceptors (Lipinski definition) is 5. The van der Waals surface area contributed by atoms with Crippen LogP contribution in [-0.2, 0) is 4.79 Å². The molecule has 1 aromatic heterocycles. The first-order valence-corrected chi connectivity index (χ1v) is 9.32. The lowest BCUT2D eigenvalue weighted by atomic mass is 10.2. The van der Waals surface area contributed by atoms with Crippen LogP contribution in [0.4, 0.5) is 5.69 Å². The van der Waals surface area contributed by atoms with Gasteiger partial charge >= 0.3 is 0 Å². The predicted octanol–water partition coefficient (Wildman–Crippen LogP) is 3.88. The number of hydrogen-bond donors (Lipinski definition) is 1. The van der Waals surface area contributed by atoms with Crippen LogP contribution in [0, 0.1) is 25.2 Å². The third-order valence-corrected chi connectivity index (χ3v) is 5.06. The maximum Gasteiger partial charge on any atom is 0.237 e. The third-order valence-electron chi connectivity index (χ3n) is 4.02. The first-order valence-electron chi connectivity index (χ1n) is 8.44. The van der Waals surface area contributed by atoms with E-state index in [1.807, 2.05) is 49.6 Å². The molecule has 1 heterocycles. The van der Waals surface area contributed by atoms with Gasteiger partial charge in [0.1, 0.15) is 5.82 Å². The summed E-state index contributed by atoms with van der Waals surface area (Å²) in [6.45, 7) is 5.75. The van der Waals surface area contributed by atoms with E-state index in [0.717, 1.165) is 11.5 Å². The minimum atomic E-state index is -0.367. The van der Waals surface area contributed by atoms with E-state index in [4.69, 9.17) is 5.26 Å². The first kappa shape index (κ1) is 18.7. The number of anilines is 1. The lowest BCUT2D eigenvalue weighted by Crippen LogP contribution is -2.22. The van der Waals surface area contributed by atoms with Gasteiger partial charge in [-0.05, 0) is 57.2 Å². The van der Waals surface area contributed by atoms with Crippen LogP contribution < -0.4 is 5.32 Å². The lowest BCUT2D eigenvalue weighted by Gasteiger charge is -2.13. The van der Waals surface area contributed by atoms with Crippen molar-refractivity contribution in [2.45, 2.75) is 31.2 Å². The Morgan fingerprint density at radius 1 is 1.11 bits per heavy atom. The van der Waals surface area contributed by atoms with Crippen molar-refractivity contribution in [1.82, 2.24) is 14.8 Å². The highest BCUT2D eigenvalue weighted by molar-refractivity contribution is 8.00. The highest BCUT2D eigenvalue weighted by atomic mass is 32.2. The van der Waals surface area contributed by atoms with Gasteiger partial charge in [-0.1, -0.05) is 29.5 Å². The average Bonchev–Trinajstić information content (AvgIpc) is 3.03. The Kier molecular flexibility index (Phi) is 5.57. The van der Waals surface area contributed by atoms with Gasteiger partial charge in [0.05, 0.1) is 16.9 Å². The van der Waals surface area contributed by atoms with E-state index in [2.05, 4.69) is 21.6 Å². The highest BCUT2D eigenvalue weighted by Crippen LogP contribution is 2.26. The number of amides is 1. The van der Waals surface area contributed by atoms with Crippen LogP contribution in [0.25, 0.3) is 5.69 Å². The monoisotopic (exact) mass is 377 g/mol. The third kappa shape index (κ3) is 4.36. The Balaban J connectivity index is 1.74. The lowest BCUT2D eigenvalue weighted by molar-refractivity contribution is -0.115. The maximum absolute atomic E-state index is 12.5. The van der Waals surface area contributed by atoms with Crippen LogP contribution in [0.3, 0.4) is 0 Å². The van der Waals surface area contributed by atoms with E-state index in [-0.39, 0.29) is 11.2 Å². The van der Waals surface area contributed by atoms with Gasteiger partial charge in [0.25, 0.3) is 0 Å². The summed E-state index contributed by atoms with van der Waals surface area (Å²) in [5.74, 6) is 0.627. The van der Waals surface area contributed by atoms with Crippen molar-refractivity contribution in [1.29, 1.82) is 5.26 Å². The number of nitriles is 1. The number of thioether (sulfide) groups is 1. The Morgan fingerprint density at radius 3 is 2.41 bits per heavy atom. The van der Waals surface area contributed by atoms with Gasteiger partial charge < -0.3 is 5.32 Å². The molecule has 1 atom stereocenters. The molecule has 0 aliphatic heterocycles. The predicted molar refractivity (Wildman–Crippen MR) is 106 cm³/mol. The van der Waals surface area contributed by atoms with Crippen LogP contribution in [0.15, 0.2) is 53.7 Å². The van der Waals surface area contributed by atoms with Crippen molar-refractivity contribution in [2.24, 2.45) is 0 Å². The topological polar surface area (TPSA) is 83.6 Å². The standard InChI is InChI=1S/C20H19N5OS/c1-13-4-10-18(11-5-13)25-15(3)23-24-20(25)27-14(2)19(26)22-17-8-6-16(12-21)7-9-17/h4-11,14H,1-3H3,(H,22,26)/t14-/m0/s1. The Morgan fingerprint density at radius 2 is 1.78 bits per heavy atom. The number of aromatic nitrogens is 3. The summed E-state index contributed by atoms with van der Waals surface area (Å²) < 4.78 is 1.94. The van der Waals surface area contributed by atoms with Gasteiger partial charge in [0.15, 0.2) is 5.16 Å². The van der Waals surface area contributed by atoms with Gasteiger partial charge in [-0.25, -0.2) is 0 Å². The summed E-state index contributed by atoms with van der Waals surface area (Å²) in [4.78, 5) is 12.5. The molecule has 1 amide bonds. The number of nitrogens with one attached hydrogen (secondary N) is 1. The minimum Gasteiger partial charge on any atom is -0.325 e. The fraction of sp³-hybridized carbons (Fsp3) is 0.200. The second-order valence-electron chi connectivity index (χ2n) is 6.14. The Bertz CT molecular complexity index is 987. The molecule has 3 rings (SSSR count). The summed E-state index contributed by atoms with van der Waals surface area (Å²) in [5.41, 5.74) is 3.35. The van der Waals surface area contributed by atoms with Crippen molar-refractivity contribution < 1.29 is 4.79 Å². The summed E-state index contributed by atoms with van der Waals surface area (Å²) in [7, 11) is 0. The molecule has 3 aromatic rings. The summed E-state index contributed by atoms with van der Waals surface area (Å²) >= 11 is 1.35. The van der Waals surface area contributed by atoms with E-state index in [9.17, 15) is 4.79 Å². The maximum atomic E-state index is 12.5.